The molecule has 0 spiro atoms. The van der Waals surface area contributed by atoms with Crippen molar-refractivity contribution >= 4 is 11.5 Å². The molecule has 0 fully saturated rings. The number of nitrogen functional groups attached to an aromatic ring is 1. The van der Waals surface area contributed by atoms with E-state index in [0.717, 1.165) is 6.42 Å². The number of aromatic amines is 1. The molecule has 0 aliphatic carbocycles. The maximum absolute atomic E-state index is 11.6. The normalized spacial score (nSPS) is 10.9. The standard InChI is InChI=1S/C11H18N4O2/c1-3-5-6-7-13-8-9(12)15(4-2)11(17)14-10(8)16/h3,5,13H,4,6-7,12H2,1-2H3,(H,14,16,17)/b5-3+. The second-order valence-electron chi connectivity index (χ2n) is 3.55. The summed E-state index contributed by atoms with van der Waals surface area (Å²) in [6.45, 7) is 4.74. The molecule has 1 rings (SSSR count). The first-order valence-corrected chi connectivity index (χ1v) is 5.59. The minimum Gasteiger partial charge on any atom is -0.383 e. The van der Waals surface area contributed by atoms with Gasteiger partial charge in [0.05, 0.1) is 0 Å². The molecule has 1 aromatic heterocycles. The Labute approximate surface area is 99.2 Å². The van der Waals surface area contributed by atoms with E-state index in [2.05, 4.69) is 10.3 Å². The Morgan fingerprint density at radius 1 is 1.47 bits per heavy atom. The van der Waals surface area contributed by atoms with E-state index in [-0.39, 0.29) is 11.5 Å². The van der Waals surface area contributed by atoms with Crippen LogP contribution in [0.1, 0.15) is 20.3 Å². The number of H-pyrrole nitrogens is 1. The van der Waals surface area contributed by atoms with Crippen molar-refractivity contribution in [3.63, 3.8) is 0 Å². The van der Waals surface area contributed by atoms with Crippen LogP contribution in [0.4, 0.5) is 11.5 Å². The molecular weight excluding hydrogens is 220 g/mol. The van der Waals surface area contributed by atoms with Gasteiger partial charge in [-0.3, -0.25) is 14.3 Å². The van der Waals surface area contributed by atoms with Crippen molar-refractivity contribution in [2.75, 3.05) is 17.6 Å². The number of anilines is 2. The lowest BCUT2D eigenvalue weighted by Gasteiger charge is -2.11. The molecule has 0 aliphatic rings. The fourth-order valence-electron chi connectivity index (χ4n) is 1.52. The number of rotatable bonds is 5. The van der Waals surface area contributed by atoms with Crippen LogP contribution in [-0.2, 0) is 6.54 Å². The molecular formula is C11H18N4O2. The average Bonchev–Trinajstić information content (AvgIpc) is 2.28. The zero-order valence-corrected chi connectivity index (χ0v) is 10.1. The fraction of sp³-hybridized carbons (Fsp3) is 0.455. The van der Waals surface area contributed by atoms with Crippen molar-refractivity contribution in [1.29, 1.82) is 0 Å². The lowest BCUT2D eigenvalue weighted by atomic mass is 10.3. The number of nitrogens with one attached hydrogen (secondary N) is 2. The number of hydrogen-bond acceptors (Lipinski definition) is 4. The molecule has 0 saturated heterocycles. The number of nitrogens with zero attached hydrogens (tertiary/aromatic N) is 1. The number of allylic oxidation sites excluding steroid dienone is 1. The largest absolute Gasteiger partial charge is 0.383 e. The van der Waals surface area contributed by atoms with Crippen molar-refractivity contribution in [2.24, 2.45) is 0 Å². The van der Waals surface area contributed by atoms with Gasteiger partial charge < -0.3 is 11.1 Å². The van der Waals surface area contributed by atoms with Crippen LogP contribution >= 0.6 is 0 Å². The summed E-state index contributed by atoms with van der Waals surface area (Å²) in [6, 6.07) is 0. The molecule has 6 heteroatoms. The molecule has 0 saturated carbocycles. The Kier molecular flexibility index (Phi) is 4.56. The summed E-state index contributed by atoms with van der Waals surface area (Å²) in [5, 5.41) is 2.94. The molecule has 0 atom stereocenters. The number of hydrogen-bond donors (Lipinski definition) is 3. The van der Waals surface area contributed by atoms with Gasteiger partial charge in [0.25, 0.3) is 5.56 Å². The van der Waals surface area contributed by atoms with Crippen molar-refractivity contribution < 1.29 is 0 Å². The zero-order chi connectivity index (χ0) is 12.8. The predicted octanol–water partition coefficient (Wildman–Crippen LogP) is 0.517. The quantitative estimate of drug-likeness (QED) is 0.515. The molecule has 1 aromatic rings. The zero-order valence-electron chi connectivity index (χ0n) is 10.1. The maximum atomic E-state index is 11.6. The van der Waals surface area contributed by atoms with Gasteiger partial charge in [0, 0.05) is 13.1 Å². The Morgan fingerprint density at radius 3 is 2.76 bits per heavy atom. The molecule has 0 unspecified atom stereocenters. The van der Waals surface area contributed by atoms with E-state index in [0.29, 0.717) is 13.1 Å². The Morgan fingerprint density at radius 2 is 2.18 bits per heavy atom. The lowest BCUT2D eigenvalue weighted by Crippen LogP contribution is -2.33. The van der Waals surface area contributed by atoms with Crippen LogP contribution < -0.4 is 22.3 Å². The van der Waals surface area contributed by atoms with Crippen LogP contribution in [0.15, 0.2) is 21.7 Å². The summed E-state index contributed by atoms with van der Waals surface area (Å²) in [5.41, 5.74) is 5.08. The number of nitrogens with two attached hydrogens (primary N) is 1. The van der Waals surface area contributed by atoms with Gasteiger partial charge >= 0.3 is 5.69 Å². The number of aromatic nitrogens is 2. The third-order valence-electron chi connectivity index (χ3n) is 2.40. The lowest BCUT2D eigenvalue weighted by molar-refractivity contribution is 0.706. The van der Waals surface area contributed by atoms with Gasteiger partial charge in [-0.1, -0.05) is 12.2 Å². The van der Waals surface area contributed by atoms with Crippen LogP contribution in [0.25, 0.3) is 0 Å². The summed E-state index contributed by atoms with van der Waals surface area (Å²) < 4.78 is 1.32. The molecule has 4 N–H and O–H groups in total. The fourth-order valence-corrected chi connectivity index (χ4v) is 1.52. The summed E-state index contributed by atoms with van der Waals surface area (Å²) in [5.74, 6) is 0.182. The summed E-state index contributed by atoms with van der Waals surface area (Å²) in [4.78, 5) is 25.2. The smallest absolute Gasteiger partial charge is 0.330 e. The van der Waals surface area contributed by atoms with E-state index in [1.54, 1.807) is 6.92 Å². The van der Waals surface area contributed by atoms with Crippen LogP contribution in [0, 0.1) is 0 Å². The van der Waals surface area contributed by atoms with Gasteiger partial charge in [-0.25, -0.2) is 4.79 Å². The van der Waals surface area contributed by atoms with Gasteiger partial charge in [-0.05, 0) is 20.3 Å². The Balaban J connectivity index is 2.99. The summed E-state index contributed by atoms with van der Waals surface area (Å²) >= 11 is 0. The highest BCUT2D eigenvalue weighted by atomic mass is 16.2. The molecule has 0 bridgehead atoms. The highest BCUT2D eigenvalue weighted by Crippen LogP contribution is 2.09. The van der Waals surface area contributed by atoms with E-state index in [1.807, 2.05) is 19.1 Å². The molecule has 0 aliphatic heterocycles. The van der Waals surface area contributed by atoms with E-state index in [4.69, 9.17) is 5.73 Å². The van der Waals surface area contributed by atoms with Crippen LogP contribution in [0.3, 0.4) is 0 Å². The van der Waals surface area contributed by atoms with Crippen LogP contribution in [-0.4, -0.2) is 16.1 Å². The minimum absolute atomic E-state index is 0.182. The average molecular weight is 238 g/mol. The molecule has 0 amide bonds. The van der Waals surface area contributed by atoms with E-state index < -0.39 is 11.2 Å². The molecule has 6 nitrogen and oxygen atoms in total. The van der Waals surface area contributed by atoms with E-state index >= 15 is 0 Å². The highest BCUT2D eigenvalue weighted by molar-refractivity contribution is 5.60. The van der Waals surface area contributed by atoms with Crippen molar-refractivity contribution in [3.8, 4) is 0 Å². The third-order valence-corrected chi connectivity index (χ3v) is 2.40. The molecule has 0 aromatic carbocycles. The van der Waals surface area contributed by atoms with Gasteiger partial charge in [-0.2, -0.15) is 0 Å². The van der Waals surface area contributed by atoms with Crippen LogP contribution in [0.2, 0.25) is 0 Å². The maximum Gasteiger partial charge on any atom is 0.330 e. The molecule has 0 radical (unpaired) electrons. The molecule has 1 heterocycles. The van der Waals surface area contributed by atoms with Gasteiger partial charge in [-0.15, -0.1) is 0 Å². The second kappa shape index (κ2) is 5.93. The molecule has 17 heavy (non-hydrogen) atoms. The second-order valence-corrected chi connectivity index (χ2v) is 3.55. The first kappa shape index (κ1) is 13.1. The first-order valence-electron chi connectivity index (χ1n) is 5.59. The SMILES string of the molecule is C/C=C/CCNc1c(N)n(CC)c(=O)[nH]c1=O. The Hall–Kier alpha value is -1.98. The minimum atomic E-state index is -0.478. The van der Waals surface area contributed by atoms with Gasteiger partial charge in [0.1, 0.15) is 11.5 Å². The monoisotopic (exact) mass is 238 g/mol. The van der Waals surface area contributed by atoms with Crippen molar-refractivity contribution in [2.45, 2.75) is 26.8 Å². The molecule has 94 valence electrons. The van der Waals surface area contributed by atoms with Gasteiger partial charge in [0.15, 0.2) is 0 Å². The topological polar surface area (TPSA) is 92.9 Å². The van der Waals surface area contributed by atoms with Crippen molar-refractivity contribution in [1.82, 2.24) is 9.55 Å². The first-order chi connectivity index (χ1) is 8.11. The highest BCUT2D eigenvalue weighted by Gasteiger charge is 2.09. The van der Waals surface area contributed by atoms with Crippen LogP contribution in [0.5, 0.6) is 0 Å². The van der Waals surface area contributed by atoms with E-state index in [9.17, 15) is 9.59 Å². The van der Waals surface area contributed by atoms with Crippen molar-refractivity contribution in [3.05, 3.63) is 33.0 Å². The summed E-state index contributed by atoms with van der Waals surface area (Å²) in [6.07, 6.45) is 4.70. The Bertz CT molecular complexity index is 513. The summed E-state index contributed by atoms with van der Waals surface area (Å²) in [7, 11) is 0. The predicted molar refractivity (Wildman–Crippen MR) is 69.3 cm³/mol. The van der Waals surface area contributed by atoms with E-state index in [1.165, 1.54) is 4.57 Å². The van der Waals surface area contributed by atoms with Gasteiger partial charge in [0.2, 0.25) is 0 Å². The third kappa shape index (κ3) is 2.99.